The van der Waals surface area contributed by atoms with Gasteiger partial charge in [0, 0.05) is 23.1 Å². The maximum absolute atomic E-state index is 13.1. The minimum Gasteiger partial charge on any atom is -0.444 e. The van der Waals surface area contributed by atoms with Crippen LogP contribution in [0.3, 0.4) is 0 Å². The number of imide groups is 1. The molecule has 4 amide bonds. The van der Waals surface area contributed by atoms with Crippen molar-refractivity contribution in [1.82, 2.24) is 5.32 Å². The van der Waals surface area contributed by atoms with Crippen molar-refractivity contribution < 1.29 is 23.9 Å². The van der Waals surface area contributed by atoms with Gasteiger partial charge in [-0.05, 0) is 50.8 Å². The van der Waals surface area contributed by atoms with Crippen LogP contribution in [0, 0.1) is 0 Å². The molecule has 8 heteroatoms. The number of ether oxygens (including phenoxy) is 1. The molecule has 2 aliphatic rings. The molecule has 4 rings (SSSR count). The fraction of sp³-hybridized carbons (Fsp3) is 0.333. The fourth-order valence-electron chi connectivity index (χ4n) is 3.74. The lowest BCUT2D eigenvalue weighted by atomic mass is 10.0. The van der Waals surface area contributed by atoms with Crippen molar-refractivity contribution in [3.05, 3.63) is 35.9 Å². The van der Waals surface area contributed by atoms with Crippen molar-refractivity contribution in [2.75, 3.05) is 10.2 Å². The second-order valence-corrected chi connectivity index (χ2v) is 8.17. The van der Waals surface area contributed by atoms with Crippen LogP contribution in [0.1, 0.15) is 44.0 Å². The van der Waals surface area contributed by atoms with Gasteiger partial charge in [0.15, 0.2) is 0 Å². The third kappa shape index (κ3) is 3.41. The summed E-state index contributed by atoms with van der Waals surface area (Å²) >= 11 is 0. The SMILES string of the molecule is CC(C)(C)OC(=O)Nc1cc2c3c(cccc3c1)C(=O)N2C1CCC(=O)NC1=O. The molecule has 2 aromatic carbocycles. The predicted molar refractivity (Wildman–Crippen MR) is 107 cm³/mol. The summed E-state index contributed by atoms with van der Waals surface area (Å²) in [5.41, 5.74) is 0.820. The first-order valence-corrected chi connectivity index (χ1v) is 9.38. The van der Waals surface area contributed by atoms with Gasteiger partial charge in [0.25, 0.3) is 5.91 Å². The van der Waals surface area contributed by atoms with Crippen molar-refractivity contribution >= 4 is 46.0 Å². The van der Waals surface area contributed by atoms with E-state index < -0.39 is 23.6 Å². The van der Waals surface area contributed by atoms with Crippen molar-refractivity contribution in [2.24, 2.45) is 0 Å². The number of carbonyl (C=O) groups excluding carboxylic acids is 4. The lowest BCUT2D eigenvalue weighted by molar-refractivity contribution is -0.134. The molecule has 1 unspecified atom stereocenters. The van der Waals surface area contributed by atoms with Crippen LogP contribution in [0.15, 0.2) is 30.3 Å². The minimum absolute atomic E-state index is 0.162. The Balaban J connectivity index is 1.75. The molecular formula is C21H21N3O5. The molecule has 2 aliphatic heterocycles. The van der Waals surface area contributed by atoms with Gasteiger partial charge in [-0.15, -0.1) is 0 Å². The van der Waals surface area contributed by atoms with Crippen molar-refractivity contribution in [3.8, 4) is 0 Å². The molecule has 1 atom stereocenters. The number of anilines is 2. The average molecular weight is 395 g/mol. The number of amides is 4. The predicted octanol–water partition coefficient (Wildman–Crippen LogP) is 2.95. The van der Waals surface area contributed by atoms with Gasteiger partial charge in [-0.2, -0.15) is 0 Å². The Hall–Kier alpha value is -3.42. The highest BCUT2D eigenvalue weighted by Gasteiger charge is 2.40. The number of carbonyl (C=O) groups is 4. The number of rotatable bonds is 2. The van der Waals surface area contributed by atoms with Gasteiger partial charge in [0.2, 0.25) is 11.8 Å². The molecule has 8 nitrogen and oxygen atoms in total. The zero-order chi connectivity index (χ0) is 20.9. The van der Waals surface area contributed by atoms with E-state index in [1.54, 1.807) is 45.0 Å². The lowest BCUT2D eigenvalue weighted by Crippen LogP contribution is -2.53. The molecule has 1 saturated heterocycles. The number of piperidine rings is 1. The van der Waals surface area contributed by atoms with Crippen LogP contribution >= 0.6 is 0 Å². The lowest BCUT2D eigenvalue weighted by Gasteiger charge is -2.30. The molecule has 0 spiro atoms. The van der Waals surface area contributed by atoms with Gasteiger partial charge >= 0.3 is 6.09 Å². The van der Waals surface area contributed by atoms with E-state index in [1.165, 1.54) is 4.90 Å². The summed E-state index contributed by atoms with van der Waals surface area (Å²) in [6, 6.07) is 7.93. The molecule has 2 N–H and O–H groups in total. The Morgan fingerprint density at radius 3 is 2.66 bits per heavy atom. The summed E-state index contributed by atoms with van der Waals surface area (Å²) in [5, 5.41) is 6.47. The normalized spacial score (nSPS) is 18.8. The maximum atomic E-state index is 13.1. The Kier molecular flexibility index (Phi) is 4.29. The van der Waals surface area contributed by atoms with Gasteiger partial charge in [-0.25, -0.2) is 4.79 Å². The van der Waals surface area contributed by atoms with Crippen LogP contribution in [0.2, 0.25) is 0 Å². The molecule has 1 fully saturated rings. The van der Waals surface area contributed by atoms with Crippen LogP contribution in [0.25, 0.3) is 10.8 Å². The first-order valence-electron chi connectivity index (χ1n) is 9.38. The van der Waals surface area contributed by atoms with Gasteiger partial charge in [-0.3, -0.25) is 29.9 Å². The van der Waals surface area contributed by atoms with E-state index in [-0.39, 0.29) is 24.7 Å². The average Bonchev–Trinajstić information content (AvgIpc) is 2.87. The second kappa shape index (κ2) is 6.58. The highest BCUT2D eigenvalue weighted by molar-refractivity contribution is 6.27. The van der Waals surface area contributed by atoms with E-state index >= 15 is 0 Å². The quantitative estimate of drug-likeness (QED) is 0.761. The van der Waals surface area contributed by atoms with Crippen LogP contribution < -0.4 is 15.5 Å². The van der Waals surface area contributed by atoms with Gasteiger partial charge in [0.05, 0.1) is 5.69 Å². The molecular weight excluding hydrogens is 374 g/mol. The van der Waals surface area contributed by atoms with Crippen LogP contribution in [-0.4, -0.2) is 35.5 Å². The monoisotopic (exact) mass is 395 g/mol. The number of benzene rings is 2. The summed E-state index contributed by atoms with van der Waals surface area (Å²) in [6.45, 7) is 5.30. The van der Waals surface area contributed by atoms with E-state index in [9.17, 15) is 19.2 Å². The van der Waals surface area contributed by atoms with E-state index in [0.29, 0.717) is 16.9 Å². The number of hydrogen-bond donors (Lipinski definition) is 2. The Morgan fingerprint density at radius 2 is 1.97 bits per heavy atom. The van der Waals surface area contributed by atoms with Crippen LogP contribution in [0.5, 0.6) is 0 Å². The molecule has 2 aromatic rings. The first-order chi connectivity index (χ1) is 13.6. The largest absolute Gasteiger partial charge is 0.444 e. The van der Waals surface area contributed by atoms with Crippen molar-refractivity contribution in [1.29, 1.82) is 0 Å². The number of nitrogens with one attached hydrogen (secondary N) is 2. The fourth-order valence-corrected chi connectivity index (χ4v) is 3.74. The molecule has 0 bridgehead atoms. The van der Waals surface area contributed by atoms with Gasteiger partial charge < -0.3 is 4.74 Å². The Bertz CT molecular complexity index is 1070. The summed E-state index contributed by atoms with van der Waals surface area (Å²) < 4.78 is 5.30. The molecule has 150 valence electrons. The third-order valence-corrected chi connectivity index (χ3v) is 4.83. The topological polar surface area (TPSA) is 105 Å². The van der Waals surface area contributed by atoms with E-state index in [1.807, 2.05) is 6.07 Å². The first kappa shape index (κ1) is 18.9. The smallest absolute Gasteiger partial charge is 0.412 e. The summed E-state index contributed by atoms with van der Waals surface area (Å²) in [5.74, 6) is -1.14. The minimum atomic E-state index is -0.785. The van der Waals surface area contributed by atoms with Crippen LogP contribution in [0.4, 0.5) is 16.2 Å². The number of nitrogens with zero attached hydrogens (tertiary/aromatic N) is 1. The standard InChI is InChI=1S/C21H21N3O5/c1-21(2,3)29-20(28)22-12-9-11-5-4-6-13-17(11)15(10-12)24(19(13)27)14-7-8-16(25)23-18(14)26/h4-6,9-10,14H,7-8H2,1-3H3,(H,22,28)(H,23,25,26). The van der Waals surface area contributed by atoms with E-state index in [2.05, 4.69) is 10.6 Å². The Labute approximate surface area is 167 Å². The Morgan fingerprint density at radius 1 is 1.21 bits per heavy atom. The van der Waals surface area contributed by atoms with Gasteiger partial charge in [-0.1, -0.05) is 12.1 Å². The van der Waals surface area contributed by atoms with Crippen molar-refractivity contribution in [3.63, 3.8) is 0 Å². The molecule has 0 radical (unpaired) electrons. The van der Waals surface area contributed by atoms with Crippen molar-refractivity contribution in [2.45, 2.75) is 45.3 Å². The molecule has 0 aliphatic carbocycles. The van der Waals surface area contributed by atoms with E-state index in [4.69, 9.17) is 4.74 Å². The van der Waals surface area contributed by atoms with E-state index in [0.717, 1.165) is 10.8 Å². The summed E-state index contributed by atoms with van der Waals surface area (Å²) in [4.78, 5) is 50.6. The number of hydrogen-bond acceptors (Lipinski definition) is 5. The molecule has 29 heavy (non-hydrogen) atoms. The van der Waals surface area contributed by atoms with Gasteiger partial charge in [0.1, 0.15) is 11.6 Å². The molecule has 0 aromatic heterocycles. The zero-order valence-electron chi connectivity index (χ0n) is 16.4. The third-order valence-electron chi connectivity index (χ3n) is 4.83. The molecule has 0 saturated carbocycles. The second-order valence-electron chi connectivity index (χ2n) is 8.17. The highest BCUT2D eigenvalue weighted by Crippen LogP contribution is 2.41. The maximum Gasteiger partial charge on any atom is 0.412 e. The summed E-state index contributed by atoms with van der Waals surface area (Å²) in [7, 11) is 0. The van der Waals surface area contributed by atoms with Crippen LogP contribution in [-0.2, 0) is 14.3 Å². The molecule has 2 heterocycles. The highest BCUT2D eigenvalue weighted by atomic mass is 16.6. The zero-order valence-corrected chi connectivity index (χ0v) is 16.4. The summed E-state index contributed by atoms with van der Waals surface area (Å²) in [6.07, 6.45) is -0.206.